The average Bonchev–Trinajstić information content (AvgIpc) is 2.15. The SMILES string of the molecule is CC(=O)OC/C(C)=C/c1cccc(Cl)c1. The van der Waals surface area contributed by atoms with E-state index in [1.54, 1.807) is 0 Å². The summed E-state index contributed by atoms with van der Waals surface area (Å²) < 4.78 is 4.87. The standard InChI is InChI=1S/C12H13ClO2/c1-9(8-15-10(2)14)6-11-4-3-5-12(13)7-11/h3-7H,8H2,1-2H3/b9-6+. The van der Waals surface area contributed by atoms with Gasteiger partial charge in [-0.2, -0.15) is 0 Å². The minimum atomic E-state index is -0.270. The second-order valence-corrected chi connectivity index (χ2v) is 3.76. The molecule has 0 saturated carbocycles. The summed E-state index contributed by atoms with van der Waals surface area (Å²) in [6.07, 6.45) is 1.94. The van der Waals surface area contributed by atoms with Crippen LogP contribution >= 0.6 is 11.6 Å². The minimum Gasteiger partial charge on any atom is -0.461 e. The topological polar surface area (TPSA) is 26.3 Å². The maximum Gasteiger partial charge on any atom is 0.302 e. The van der Waals surface area contributed by atoms with Gasteiger partial charge in [0.2, 0.25) is 0 Å². The maximum absolute atomic E-state index is 10.6. The first-order valence-corrected chi connectivity index (χ1v) is 5.02. The fourth-order valence-corrected chi connectivity index (χ4v) is 1.34. The summed E-state index contributed by atoms with van der Waals surface area (Å²) in [4.78, 5) is 10.6. The number of carbonyl (C=O) groups excluding carboxylic acids is 1. The Morgan fingerprint density at radius 3 is 2.80 bits per heavy atom. The molecule has 0 fully saturated rings. The highest BCUT2D eigenvalue weighted by molar-refractivity contribution is 6.30. The van der Waals surface area contributed by atoms with Crippen molar-refractivity contribution in [2.75, 3.05) is 6.61 Å². The van der Waals surface area contributed by atoms with E-state index in [9.17, 15) is 4.79 Å². The van der Waals surface area contributed by atoms with E-state index in [1.807, 2.05) is 37.3 Å². The molecule has 0 N–H and O–H groups in total. The number of esters is 1. The van der Waals surface area contributed by atoms with Crippen LogP contribution in [0.15, 0.2) is 29.8 Å². The summed E-state index contributed by atoms with van der Waals surface area (Å²) in [5.41, 5.74) is 1.99. The van der Waals surface area contributed by atoms with Crippen LogP contribution in [0.4, 0.5) is 0 Å². The average molecular weight is 225 g/mol. The van der Waals surface area contributed by atoms with Gasteiger partial charge in [-0.25, -0.2) is 0 Å². The first-order chi connectivity index (χ1) is 7.08. The largest absolute Gasteiger partial charge is 0.461 e. The molecule has 0 atom stereocenters. The summed E-state index contributed by atoms with van der Waals surface area (Å²) in [6, 6.07) is 7.51. The highest BCUT2D eigenvalue weighted by atomic mass is 35.5. The molecule has 0 aromatic heterocycles. The van der Waals surface area contributed by atoms with Crippen LogP contribution in [-0.2, 0) is 9.53 Å². The van der Waals surface area contributed by atoms with Crippen LogP contribution in [0.5, 0.6) is 0 Å². The maximum atomic E-state index is 10.6. The fraction of sp³-hybridized carbons (Fsp3) is 0.250. The van der Waals surface area contributed by atoms with E-state index in [4.69, 9.17) is 16.3 Å². The third-order valence-corrected chi connectivity index (χ3v) is 2.00. The quantitative estimate of drug-likeness (QED) is 0.737. The van der Waals surface area contributed by atoms with E-state index in [1.165, 1.54) is 6.92 Å². The molecule has 0 aliphatic heterocycles. The molecule has 2 nitrogen and oxygen atoms in total. The zero-order valence-electron chi connectivity index (χ0n) is 8.79. The van der Waals surface area contributed by atoms with Gasteiger partial charge in [-0.1, -0.05) is 29.8 Å². The molecule has 1 aromatic rings. The second-order valence-electron chi connectivity index (χ2n) is 3.33. The molecule has 0 saturated heterocycles. The number of hydrogen-bond donors (Lipinski definition) is 0. The van der Waals surface area contributed by atoms with Gasteiger partial charge >= 0.3 is 5.97 Å². The Labute approximate surface area is 94.5 Å². The molecule has 0 bridgehead atoms. The second kappa shape index (κ2) is 5.56. The Morgan fingerprint density at radius 2 is 2.20 bits per heavy atom. The third kappa shape index (κ3) is 4.66. The number of rotatable bonds is 3. The lowest BCUT2D eigenvalue weighted by molar-refractivity contribution is -0.139. The van der Waals surface area contributed by atoms with Crippen LogP contribution in [-0.4, -0.2) is 12.6 Å². The van der Waals surface area contributed by atoms with Gasteiger partial charge in [0.15, 0.2) is 0 Å². The lowest BCUT2D eigenvalue weighted by atomic mass is 10.1. The predicted octanol–water partition coefficient (Wildman–Crippen LogP) is 3.31. The molecular weight excluding hydrogens is 212 g/mol. The first kappa shape index (κ1) is 11.8. The molecule has 1 aromatic carbocycles. The van der Waals surface area contributed by atoms with E-state index in [-0.39, 0.29) is 5.97 Å². The van der Waals surface area contributed by atoms with Gasteiger partial charge in [-0.05, 0) is 30.2 Å². The summed E-state index contributed by atoms with van der Waals surface area (Å²) in [5.74, 6) is -0.270. The van der Waals surface area contributed by atoms with Gasteiger partial charge < -0.3 is 4.74 Å². The van der Waals surface area contributed by atoms with Gasteiger partial charge in [-0.3, -0.25) is 4.79 Å². The zero-order chi connectivity index (χ0) is 11.3. The van der Waals surface area contributed by atoms with E-state index in [0.717, 1.165) is 11.1 Å². The Hall–Kier alpha value is -1.28. The smallest absolute Gasteiger partial charge is 0.302 e. The van der Waals surface area contributed by atoms with Gasteiger partial charge in [0, 0.05) is 11.9 Å². The number of ether oxygens (including phenoxy) is 1. The fourth-order valence-electron chi connectivity index (χ4n) is 1.14. The highest BCUT2D eigenvalue weighted by Gasteiger charge is 1.96. The Morgan fingerprint density at radius 1 is 1.47 bits per heavy atom. The molecule has 15 heavy (non-hydrogen) atoms. The van der Waals surface area contributed by atoms with Gasteiger partial charge in [0.05, 0.1) is 0 Å². The molecule has 0 aliphatic carbocycles. The summed E-state index contributed by atoms with van der Waals surface area (Å²) >= 11 is 5.84. The number of benzene rings is 1. The summed E-state index contributed by atoms with van der Waals surface area (Å²) in [6.45, 7) is 3.62. The zero-order valence-corrected chi connectivity index (χ0v) is 9.54. The van der Waals surface area contributed by atoms with Crippen molar-refractivity contribution in [2.45, 2.75) is 13.8 Å². The monoisotopic (exact) mass is 224 g/mol. The van der Waals surface area contributed by atoms with Gasteiger partial charge in [0.25, 0.3) is 0 Å². The van der Waals surface area contributed by atoms with Crippen molar-refractivity contribution < 1.29 is 9.53 Å². The van der Waals surface area contributed by atoms with Crippen molar-refractivity contribution >= 4 is 23.6 Å². The molecule has 0 amide bonds. The molecule has 1 rings (SSSR count). The Kier molecular flexibility index (Phi) is 4.37. The van der Waals surface area contributed by atoms with Crippen LogP contribution in [0.3, 0.4) is 0 Å². The van der Waals surface area contributed by atoms with E-state index < -0.39 is 0 Å². The lowest BCUT2D eigenvalue weighted by Crippen LogP contribution is -2.01. The van der Waals surface area contributed by atoms with Crippen molar-refractivity contribution in [3.63, 3.8) is 0 Å². The summed E-state index contributed by atoms with van der Waals surface area (Å²) in [7, 11) is 0. The Balaban J connectivity index is 2.65. The van der Waals surface area contributed by atoms with Crippen molar-refractivity contribution in [3.05, 3.63) is 40.4 Å². The van der Waals surface area contributed by atoms with E-state index >= 15 is 0 Å². The van der Waals surface area contributed by atoms with E-state index in [2.05, 4.69) is 0 Å². The van der Waals surface area contributed by atoms with Crippen LogP contribution in [0.1, 0.15) is 19.4 Å². The van der Waals surface area contributed by atoms with Crippen molar-refractivity contribution in [2.24, 2.45) is 0 Å². The van der Waals surface area contributed by atoms with Crippen molar-refractivity contribution in [1.29, 1.82) is 0 Å². The normalized spacial score (nSPS) is 11.3. The predicted molar refractivity (Wildman–Crippen MR) is 61.7 cm³/mol. The lowest BCUT2D eigenvalue weighted by Gasteiger charge is -2.02. The molecule has 0 unspecified atom stereocenters. The molecule has 0 radical (unpaired) electrons. The van der Waals surface area contributed by atoms with Crippen LogP contribution in [0.25, 0.3) is 6.08 Å². The molecular formula is C12H13ClO2. The van der Waals surface area contributed by atoms with Crippen LogP contribution in [0, 0.1) is 0 Å². The van der Waals surface area contributed by atoms with Gasteiger partial charge in [0.1, 0.15) is 6.61 Å². The molecule has 0 aliphatic rings. The third-order valence-electron chi connectivity index (χ3n) is 1.76. The van der Waals surface area contributed by atoms with Crippen molar-refractivity contribution in [3.8, 4) is 0 Å². The molecule has 0 spiro atoms. The minimum absolute atomic E-state index is 0.270. The molecule has 3 heteroatoms. The summed E-state index contributed by atoms with van der Waals surface area (Å²) in [5, 5.41) is 0.698. The number of carbonyl (C=O) groups is 1. The molecule has 0 heterocycles. The highest BCUT2D eigenvalue weighted by Crippen LogP contribution is 2.13. The van der Waals surface area contributed by atoms with E-state index in [0.29, 0.717) is 11.6 Å². The van der Waals surface area contributed by atoms with Crippen LogP contribution in [0.2, 0.25) is 5.02 Å². The van der Waals surface area contributed by atoms with Crippen molar-refractivity contribution in [1.82, 2.24) is 0 Å². The Bertz CT molecular complexity index is 383. The first-order valence-electron chi connectivity index (χ1n) is 4.64. The number of hydrogen-bond acceptors (Lipinski definition) is 2. The number of halogens is 1. The van der Waals surface area contributed by atoms with Crippen LogP contribution < -0.4 is 0 Å². The molecule has 80 valence electrons. The van der Waals surface area contributed by atoms with Gasteiger partial charge in [-0.15, -0.1) is 0 Å².